The summed E-state index contributed by atoms with van der Waals surface area (Å²) in [4.78, 5) is 70.1. The summed E-state index contributed by atoms with van der Waals surface area (Å²) in [6.07, 6.45) is 0. The van der Waals surface area contributed by atoms with E-state index in [0.717, 1.165) is 40.8 Å². The van der Waals surface area contributed by atoms with Crippen molar-refractivity contribution in [3.05, 3.63) is 88.8 Å². The molecule has 10 nitrogen and oxygen atoms in total. The van der Waals surface area contributed by atoms with Crippen LogP contribution in [-0.2, 0) is 38.1 Å². The third-order valence-electron chi connectivity index (χ3n) is 7.67. The van der Waals surface area contributed by atoms with Gasteiger partial charge >= 0.3 is 23.9 Å². The molecule has 2 aromatic carbocycles. The van der Waals surface area contributed by atoms with Crippen LogP contribution >= 0.6 is 51.2 Å². The first kappa shape index (κ1) is 33.9. The van der Waals surface area contributed by atoms with E-state index in [9.17, 15) is 24.0 Å². The van der Waals surface area contributed by atoms with Gasteiger partial charge in [-0.1, -0.05) is 65.6 Å². The number of amides is 1. The summed E-state index contributed by atoms with van der Waals surface area (Å²) >= 11 is 6.28. The molecule has 0 radical (unpaired) electrons. The number of hydrogen-bond donors (Lipinski definition) is 0. The predicted octanol–water partition coefficient (Wildman–Crippen LogP) is 5.99. The summed E-state index contributed by atoms with van der Waals surface area (Å²) in [6.45, 7) is 5.55. The van der Waals surface area contributed by atoms with Gasteiger partial charge in [-0.05, 0) is 54.4 Å². The average Bonchev–Trinajstić information content (AvgIpc) is 3.43. The summed E-state index contributed by atoms with van der Waals surface area (Å²) in [5.41, 5.74) is 1.52. The number of esters is 4. The standard InChI is InChI=1S/C32H28BrNO9S3/c1-15-11-10-13-17-19-25(31(2,3)34(21(15)17)26(35)16-12-8-9-14-18(16)33)44-22(28(37)41-5)20(27(36)40-4)32(19)45-23(29(38)42-6)24(46-32)30(39)43-7/h8-14H,1-7H3. The summed E-state index contributed by atoms with van der Waals surface area (Å²) in [5, 5.41) is 0. The second-order valence-corrected chi connectivity index (χ2v) is 15.2. The van der Waals surface area contributed by atoms with Crippen LogP contribution in [0.3, 0.4) is 0 Å². The number of thioether (sulfide) groups is 3. The van der Waals surface area contributed by atoms with Crippen LogP contribution in [0.1, 0.15) is 35.3 Å². The molecule has 5 rings (SSSR count). The predicted molar refractivity (Wildman–Crippen MR) is 181 cm³/mol. The van der Waals surface area contributed by atoms with Gasteiger partial charge in [-0.3, -0.25) is 9.69 Å². The number of carbonyl (C=O) groups is 5. The van der Waals surface area contributed by atoms with Crippen molar-refractivity contribution >= 4 is 92.3 Å². The number of para-hydroxylation sites is 1. The van der Waals surface area contributed by atoms with Gasteiger partial charge in [0.05, 0.1) is 50.8 Å². The lowest BCUT2D eigenvalue weighted by Gasteiger charge is -2.51. The van der Waals surface area contributed by atoms with Crippen LogP contribution in [0.2, 0.25) is 0 Å². The highest BCUT2D eigenvalue weighted by molar-refractivity contribution is 9.10. The fourth-order valence-electron chi connectivity index (χ4n) is 5.63. The maximum Gasteiger partial charge on any atom is 0.345 e. The van der Waals surface area contributed by atoms with Crippen molar-refractivity contribution in [3.8, 4) is 0 Å². The first-order valence-electron chi connectivity index (χ1n) is 13.6. The van der Waals surface area contributed by atoms with Crippen LogP contribution in [0.25, 0.3) is 5.57 Å². The van der Waals surface area contributed by atoms with E-state index < -0.39 is 33.5 Å². The number of fused-ring (bicyclic) bond motifs is 3. The second-order valence-electron chi connectivity index (χ2n) is 10.6. The Kier molecular flexibility index (Phi) is 9.30. The number of hydrogen-bond acceptors (Lipinski definition) is 12. The van der Waals surface area contributed by atoms with Crippen molar-refractivity contribution in [2.24, 2.45) is 0 Å². The molecule has 0 fully saturated rings. The molecule has 240 valence electrons. The Labute approximate surface area is 286 Å². The fourth-order valence-corrected chi connectivity index (χ4v) is 11.1. The zero-order chi connectivity index (χ0) is 33.7. The molecule has 1 amide bonds. The maximum atomic E-state index is 14.5. The van der Waals surface area contributed by atoms with E-state index in [1.165, 1.54) is 28.4 Å². The van der Waals surface area contributed by atoms with E-state index in [0.29, 0.717) is 31.8 Å². The van der Waals surface area contributed by atoms with Crippen molar-refractivity contribution in [1.29, 1.82) is 0 Å². The molecule has 0 N–H and O–H groups in total. The van der Waals surface area contributed by atoms with Gasteiger partial charge in [0.2, 0.25) is 0 Å². The quantitative estimate of drug-likeness (QED) is 0.264. The average molecular weight is 747 g/mol. The summed E-state index contributed by atoms with van der Waals surface area (Å²) in [5.74, 6) is -3.67. The molecule has 0 unspecified atom stereocenters. The zero-order valence-electron chi connectivity index (χ0n) is 25.8. The number of carbonyl (C=O) groups excluding carboxylic acids is 5. The van der Waals surface area contributed by atoms with Crippen molar-refractivity contribution in [1.82, 2.24) is 0 Å². The molecule has 2 aromatic rings. The van der Waals surface area contributed by atoms with Crippen molar-refractivity contribution in [3.63, 3.8) is 0 Å². The molecular formula is C32H28BrNO9S3. The Hall–Kier alpha value is -3.46. The molecule has 3 aliphatic heterocycles. The number of halogens is 1. The molecular weight excluding hydrogens is 718 g/mol. The lowest BCUT2D eigenvalue weighted by Crippen LogP contribution is -2.54. The monoisotopic (exact) mass is 745 g/mol. The molecule has 3 aliphatic rings. The number of rotatable bonds is 5. The van der Waals surface area contributed by atoms with Gasteiger partial charge in [0.15, 0.2) is 0 Å². The van der Waals surface area contributed by atoms with Crippen molar-refractivity contribution < 1.29 is 42.9 Å². The van der Waals surface area contributed by atoms with E-state index in [-0.39, 0.29) is 26.2 Å². The normalized spacial score (nSPS) is 17.8. The highest BCUT2D eigenvalue weighted by Crippen LogP contribution is 2.71. The van der Waals surface area contributed by atoms with Crippen molar-refractivity contribution in [2.75, 3.05) is 33.3 Å². The lowest BCUT2D eigenvalue weighted by atomic mass is 9.82. The Bertz CT molecular complexity index is 1800. The van der Waals surface area contributed by atoms with E-state index >= 15 is 0 Å². The van der Waals surface area contributed by atoms with Crippen LogP contribution in [0.15, 0.2) is 72.1 Å². The molecule has 0 bridgehead atoms. The molecule has 0 aliphatic carbocycles. The number of nitrogens with zero attached hydrogens (tertiary/aromatic N) is 1. The minimum Gasteiger partial charge on any atom is -0.466 e. The van der Waals surface area contributed by atoms with Gasteiger partial charge in [-0.15, -0.1) is 0 Å². The molecule has 0 saturated heterocycles. The van der Waals surface area contributed by atoms with Crippen molar-refractivity contribution in [2.45, 2.75) is 30.4 Å². The Balaban J connectivity index is 1.91. The number of anilines is 1. The minimum absolute atomic E-state index is 0.109. The van der Waals surface area contributed by atoms with Gasteiger partial charge in [-0.2, -0.15) is 0 Å². The number of benzene rings is 2. The Morgan fingerprint density at radius 2 is 1.28 bits per heavy atom. The van der Waals surface area contributed by atoms with E-state index in [1.54, 1.807) is 23.1 Å². The van der Waals surface area contributed by atoms with Crippen LogP contribution in [-0.4, -0.2) is 67.8 Å². The highest BCUT2D eigenvalue weighted by Gasteiger charge is 2.62. The minimum atomic E-state index is -1.65. The Morgan fingerprint density at radius 3 is 1.83 bits per heavy atom. The topological polar surface area (TPSA) is 126 Å². The molecule has 1 spiro atoms. The number of methoxy groups -OCH3 is 4. The highest BCUT2D eigenvalue weighted by atomic mass is 79.9. The smallest absolute Gasteiger partial charge is 0.345 e. The van der Waals surface area contributed by atoms with Gasteiger partial charge in [0.25, 0.3) is 5.91 Å². The number of aryl methyl sites for hydroxylation is 1. The molecule has 14 heteroatoms. The number of ether oxygens (including phenoxy) is 4. The molecule has 0 saturated carbocycles. The summed E-state index contributed by atoms with van der Waals surface area (Å²) < 4.78 is 19.4. The fraction of sp³-hybridized carbons (Fsp3) is 0.281. The van der Waals surface area contributed by atoms with E-state index in [4.69, 9.17) is 18.9 Å². The molecule has 0 atom stereocenters. The maximum absolute atomic E-state index is 14.5. The Morgan fingerprint density at radius 1 is 0.739 bits per heavy atom. The lowest BCUT2D eigenvalue weighted by molar-refractivity contribution is -0.138. The third-order valence-corrected chi connectivity index (χ3v) is 13.0. The third kappa shape index (κ3) is 5.09. The van der Waals surface area contributed by atoms with Crippen LogP contribution in [0.5, 0.6) is 0 Å². The van der Waals surface area contributed by atoms with Gasteiger partial charge < -0.3 is 18.9 Å². The van der Waals surface area contributed by atoms with Crippen LogP contribution in [0, 0.1) is 6.92 Å². The van der Waals surface area contributed by atoms with Gasteiger partial charge in [0, 0.05) is 20.5 Å². The second kappa shape index (κ2) is 12.6. The van der Waals surface area contributed by atoms with Gasteiger partial charge in [0.1, 0.15) is 18.8 Å². The summed E-state index contributed by atoms with van der Waals surface area (Å²) in [6, 6.07) is 12.6. The molecule has 0 aromatic heterocycles. The van der Waals surface area contributed by atoms with Crippen LogP contribution in [0.4, 0.5) is 5.69 Å². The van der Waals surface area contributed by atoms with E-state index in [1.807, 2.05) is 45.0 Å². The summed E-state index contributed by atoms with van der Waals surface area (Å²) in [7, 11) is 4.70. The largest absolute Gasteiger partial charge is 0.466 e. The zero-order valence-corrected chi connectivity index (χ0v) is 29.8. The molecule has 3 heterocycles. The molecule has 46 heavy (non-hydrogen) atoms. The van der Waals surface area contributed by atoms with Gasteiger partial charge in [-0.25, -0.2) is 19.2 Å². The van der Waals surface area contributed by atoms with Crippen LogP contribution < -0.4 is 4.90 Å². The first-order valence-corrected chi connectivity index (χ1v) is 16.9. The SMILES string of the molecule is COC(=O)C1=C(C(=O)OC)SC2(S1)C(C(=O)OC)=C(C(=O)OC)SC1=C2c2cccc(C)c2N(C(=O)c2ccccc2Br)C1(C)C. The van der Waals surface area contributed by atoms with E-state index in [2.05, 4.69) is 15.9 Å². The first-order chi connectivity index (χ1) is 21.8.